The number of carbonyl (C=O) groups is 3. The second-order valence-electron chi connectivity index (χ2n) is 6.56. The SMILES string of the molecule is O=C(CCN1C(=O)CCc2ccccc21)NC(CC1CC1)C(=O)O. The van der Waals surface area contributed by atoms with E-state index in [1.54, 1.807) is 4.90 Å². The van der Waals surface area contributed by atoms with Gasteiger partial charge in [-0.3, -0.25) is 9.59 Å². The fourth-order valence-corrected chi connectivity index (χ4v) is 3.13. The Morgan fingerprint density at radius 3 is 2.71 bits per heavy atom. The number of hydrogen-bond donors (Lipinski definition) is 2. The first-order chi connectivity index (χ1) is 11.5. The summed E-state index contributed by atoms with van der Waals surface area (Å²) in [4.78, 5) is 37.1. The maximum Gasteiger partial charge on any atom is 0.326 e. The van der Waals surface area contributed by atoms with Gasteiger partial charge in [-0.15, -0.1) is 0 Å². The number of hydrogen-bond acceptors (Lipinski definition) is 3. The van der Waals surface area contributed by atoms with Crippen molar-refractivity contribution in [3.63, 3.8) is 0 Å². The first-order valence-electron chi connectivity index (χ1n) is 8.45. The van der Waals surface area contributed by atoms with Crippen LogP contribution in [0.5, 0.6) is 0 Å². The summed E-state index contributed by atoms with van der Waals surface area (Å²) in [6, 6.07) is 6.87. The highest BCUT2D eigenvalue weighted by molar-refractivity contribution is 5.97. The minimum atomic E-state index is -0.991. The Hall–Kier alpha value is -2.37. The molecule has 1 atom stereocenters. The summed E-state index contributed by atoms with van der Waals surface area (Å²) in [6.07, 6.45) is 3.84. The maximum absolute atomic E-state index is 12.2. The smallest absolute Gasteiger partial charge is 0.326 e. The Kier molecular flexibility index (Phi) is 4.83. The Labute approximate surface area is 140 Å². The Morgan fingerprint density at radius 1 is 1.25 bits per heavy atom. The number of rotatable bonds is 7. The molecule has 1 unspecified atom stereocenters. The minimum Gasteiger partial charge on any atom is -0.480 e. The van der Waals surface area contributed by atoms with E-state index < -0.39 is 12.0 Å². The van der Waals surface area contributed by atoms with E-state index in [4.69, 9.17) is 0 Å². The van der Waals surface area contributed by atoms with Crippen molar-refractivity contribution in [2.45, 2.75) is 44.6 Å². The van der Waals surface area contributed by atoms with Crippen LogP contribution in [0, 0.1) is 5.92 Å². The molecular weight excluding hydrogens is 308 g/mol. The largest absolute Gasteiger partial charge is 0.480 e. The number of amides is 2. The minimum absolute atomic E-state index is 0.00858. The van der Waals surface area contributed by atoms with Crippen molar-refractivity contribution in [3.8, 4) is 0 Å². The average molecular weight is 330 g/mol. The zero-order valence-corrected chi connectivity index (χ0v) is 13.5. The lowest BCUT2D eigenvalue weighted by molar-refractivity contribution is -0.142. The molecule has 6 nitrogen and oxygen atoms in total. The third-order valence-corrected chi connectivity index (χ3v) is 4.65. The molecule has 1 heterocycles. The molecule has 1 aromatic rings. The highest BCUT2D eigenvalue weighted by Gasteiger charge is 2.30. The number of carbonyl (C=O) groups excluding carboxylic acids is 2. The lowest BCUT2D eigenvalue weighted by Gasteiger charge is -2.29. The predicted molar refractivity (Wildman–Crippen MR) is 88.6 cm³/mol. The van der Waals surface area contributed by atoms with E-state index in [2.05, 4.69) is 5.32 Å². The second-order valence-corrected chi connectivity index (χ2v) is 6.56. The van der Waals surface area contributed by atoms with Gasteiger partial charge < -0.3 is 15.3 Å². The zero-order valence-electron chi connectivity index (χ0n) is 13.5. The number of carboxylic acids is 1. The molecule has 128 valence electrons. The van der Waals surface area contributed by atoms with Gasteiger partial charge in [-0.2, -0.15) is 0 Å². The average Bonchev–Trinajstić information content (AvgIpc) is 3.37. The lowest BCUT2D eigenvalue weighted by Crippen LogP contribution is -2.43. The summed E-state index contributed by atoms with van der Waals surface area (Å²) >= 11 is 0. The molecule has 1 aromatic carbocycles. The highest BCUT2D eigenvalue weighted by atomic mass is 16.4. The number of nitrogens with one attached hydrogen (secondary N) is 1. The molecule has 0 saturated heterocycles. The number of carboxylic acid groups (broad SMARTS) is 1. The molecule has 24 heavy (non-hydrogen) atoms. The van der Waals surface area contributed by atoms with Gasteiger partial charge in [-0.1, -0.05) is 31.0 Å². The van der Waals surface area contributed by atoms with Gasteiger partial charge in [0.05, 0.1) is 0 Å². The first kappa shape index (κ1) is 16.5. The van der Waals surface area contributed by atoms with Gasteiger partial charge in [0.25, 0.3) is 0 Å². The zero-order chi connectivity index (χ0) is 17.1. The van der Waals surface area contributed by atoms with Crippen molar-refractivity contribution in [3.05, 3.63) is 29.8 Å². The van der Waals surface area contributed by atoms with Crippen LogP contribution < -0.4 is 10.2 Å². The molecule has 1 saturated carbocycles. The fraction of sp³-hybridized carbons (Fsp3) is 0.500. The molecular formula is C18H22N2O4. The summed E-state index contributed by atoms with van der Waals surface area (Å²) in [5.41, 5.74) is 1.96. The molecule has 0 aromatic heterocycles. The summed E-state index contributed by atoms with van der Waals surface area (Å²) in [5, 5.41) is 11.8. The van der Waals surface area contributed by atoms with E-state index in [1.807, 2.05) is 24.3 Å². The van der Waals surface area contributed by atoms with Gasteiger partial charge in [0.2, 0.25) is 11.8 Å². The van der Waals surface area contributed by atoms with Gasteiger partial charge in [-0.05, 0) is 30.4 Å². The van der Waals surface area contributed by atoms with Crippen LogP contribution in [0.1, 0.15) is 37.7 Å². The maximum atomic E-state index is 12.2. The Morgan fingerprint density at radius 2 is 2.00 bits per heavy atom. The van der Waals surface area contributed by atoms with Crippen LogP contribution in [0.25, 0.3) is 0 Å². The van der Waals surface area contributed by atoms with E-state index in [0.717, 1.165) is 30.5 Å². The van der Waals surface area contributed by atoms with Crippen molar-refractivity contribution in [2.24, 2.45) is 5.92 Å². The molecule has 2 amide bonds. The molecule has 0 spiro atoms. The third-order valence-electron chi connectivity index (χ3n) is 4.65. The number of para-hydroxylation sites is 1. The van der Waals surface area contributed by atoms with Crippen LogP contribution in [0.2, 0.25) is 0 Å². The number of fused-ring (bicyclic) bond motifs is 1. The van der Waals surface area contributed by atoms with Gasteiger partial charge in [0.15, 0.2) is 0 Å². The van der Waals surface area contributed by atoms with Crippen LogP contribution in [-0.4, -0.2) is 35.5 Å². The first-order valence-corrected chi connectivity index (χ1v) is 8.45. The van der Waals surface area contributed by atoms with Crippen LogP contribution in [0.4, 0.5) is 5.69 Å². The van der Waals surface area contributed by atoms with E-state index in [-0.39, 0.29) is 24.8 Å². The van der Waals surface area contributed by atoms with E-state index >= 15 is 0 Å². The monoisotopic (exact) mass is 330 g/mol. The number of anilines is 1. The molecule has 1 fully saturated rings. The number of nitrogens with zero attached hydrogens (tertiary/aromatic N) is 1. The molecule has 0 radical (unpaired) electrons. The van der Waals surface area contributed by atoms with Gasteiger partial charge >= 0.3 is 5.97 Å². The topological polar surface area (TPSA) is 86.7 Å². The number of aliphatic carboxylic acids is 1. The van der Waals surface area contributed by atoms with E-state index in [1.165, 1.54) is 0 Å². The van der Waals surface area contributed by atoms with E-state index in [0.29, 0.717) is 18.8 Å². The van der Waals surface area contributed by atoms with Crippen LogP contribution >= 0.6 is 0 Å². The lowest BCUT2D eigenvalue weighted by atomic mass is 10.0. The summed E-state index contributed by atoms with van der Waals surface area (Å²) in [6.45, 7) is 0.275. The summed E-state index contributed by atoms with van der Waals surface area (Å²) in [7, 11) is 0. The van der Waals surface area contributed by atoms with Crippen LogP contribution in [0.3, 0.4) is 0 Å². The summed E-state index contributed by atoms with van der Waals surface area (Å²) < 4.78 is 0. The van der Waals surface area contributed by atoms with Crippen molar-refractivity contribution >= 4 is 23.5 Å². The molecule has 0 bridgehead atoms. The molecule has 6 heteroatoms. The summed E-state index contributed by atoms with van der Waals surface area (Å²) in [5.74, 6) is -0.884. The number of benzene rings is 1. The third kappa shape index (κ3) is 3.93. The second kappa shape index (κ2) is 7.03. The van der Waals surface area contributed by atoms with E-state index in [9.17, 15) is 19.5 Å². The van der Waals surface area contributed by atoms with Crippen LogP contribution in [0.15, 0.2) is 24.3 Å². The van der Waals surface area contributed by atoms with Crippen molar-refractivity contribution in [1.82, 2.24) is 5.32 Å². The molecule has 2 aliphatic rings. The van der Waals surface area contributed by atoms with Gasteiger partial charge in [0.1, 0.15) is 6.04 Å². The Balaban J connectivity index is 1.57. The predicted octanol–water partition coefficient (Wildman–Crippen LogP) is 1.73. The number of aryl methyl sites for hydroxylation is 1. The molecule has 2 N–H and O–H groups in total. The van der Waals surface area contributed by atoms with Crippen molar-refractivity contribution < 1.29 is 19.5 Å². The molecule has 1 aliphatic carbocycles. The van der Waals surface area contributed by atoms with Gasteiger partial charge in [-0.25, -0.2) is 4.79 Å². The quantitative estimate of drug-likeness (QED) is 0.797. The standard InChI is InChI=1S/C18H22N2O4/c21-16(19-14(18(23)24)11-12-5-6-12)9-10-20-15-4-2-1-3-13(15)7-8-17(20)22/h1-4,12,14H,5-11H2,(H,19,21)(H,23,24). The highest BCUT2D eigenvalue weighted by Crippen LogP contribution is 2.33. The van der Waals surface area contributed by atoms with Crippen LogP contribution in [-0.2, 0) is 20.8 Å². The Bertz CT molecular complexity index is 654. The molecule has 1 aliphatic heterocycles. The van der Waals surface area contributed by atoms with Crippen molar-refractivity contribution in [2.75, 3.05) is 11.4 Å². The van der Waals surface area contributed by atoms with Gasteiger partial charge in [0, 0.05) is 25.1 Å². The molecule has 3 rings (SSSR count). The fourth-order valence-electron chi connectivity index (χ4n) is 3.13. The normalized spacial score (nSPS) is 18.0. The van der Waals surface area contributed by atoms with Crippen molar-refractivity contribution in [1.29, 1.82) is 0 Å².